The lowest BCUT2D eigenvalue weighted by atomic mass is 10.1. The summed E-state index contributed by atoms with van der Waals surface area (Å²) in [5.41, 5.74) is 2.13. The second-order valence-corrected chi connectivity index (χ2v) is 11.7. The summed E-state index contributed by atoms with van der Waals surface area (Å²) in [4.78, 5) is 22.3. The van der Waals surface area contributed by atoms with E-state index in [1.54, 1.807) is 0 Å². The van der Waals surface area contributed by atoms with Gasteiger partial charge in [-0.25, -0.2) is 13.4 Å². The predicted molar refractivity (Wildman–Crippen MR) is 120 cm³/mol. The number of nitrogens with zero attached hydrogens (tertiary/aromatic N) is 4. The standard InChI is InChI=1S/C23H32N4O3S/c28-23(27(18-6-1-2-7-18)20-11-13-31(29,30)16-20)15-25-12-5-8-19(25)14-26-17-24-21-9-3-4-10-22(21)26/h3-4,9-10,17-20H,1-2,5-8,11-16H2/t19-,20+/m1/s1. The SMILES string of the molecule is O=C(CN1CCC[C@@H]1Cn1cnc2ccccc21)N(C1CCCC1)[C@H]1CCS(=O)(=O)C1. The van der Waals surface area contributed by atoms with Gasteiger partial charge in [0.2, 0.25) is 5.91 Å². The zero-order valence-corrected chi connectivity index (χ0v) is 18.8. The first kappa shape index (κ1) is 20.9. The Labute approximate surface area is 184 Å². The summed E-state index contributed by atoms with van der Waals surface area (Å²) in [7, 11) is -3.01. The van der Waals surface area contributed by atoms with Gasteiger partial charge in [0, 0.05) is 24.7 Å². The topological polar surface area (TPSA) is 75.5 Å². The molecule has 3 fully saturated rings. The van der Waals surface area contributed by atoms with Gasteiger partial charge in [0.15, 0.2) is 9.84 Å². The number of imidazole rings is 1. The number of para-hydroxylation sites is 2. The fraction of sp³-hybridized carbons (Fsp3) is 0.652. The Kier molecular flexibility index (Phi) is 5.77. The molecule has 2 atom stereocenters. The minimum Gasteiger partial charge on any atom is -0.335 e. The third-order valence-electron chi connectivity index (χ3n) is 7.38. The fourth-order valence-electron chi connectivity index (χ4n) is 5.83. The summed E-state index contributed by atoms with van der Waals surface area (Å²) >= 11 is 0. The largest absolute Gasteiger partial charge is 0.335 e. The van der Waals surface area contributed by atoms with Crippen LogP contribution in [0.15, 0.2) is 30.6 Å². The first-order valence-electron chi connectivity index (χ1n) is 11.7. The molecule has 3 aliphatic rings. The number of rotatable bonds is 6. The summed E-state index contributed by atoms with van der Waals surface area (Å²) in [6, 6.07) is 8.53. The number of hydrogen-bond acceptors (Lipinski definition) is 5. The molecular weight excluding hydrogens is 412 g/mol. The van der Waals surface area contributed by atoms with Crippen molar-refractivity contribution in [3.63, 3.8) is 0 Å². The van der Waals surface area contributed by atoms with Gasteiger partial charge >= 0.3 is 0 Å². The molecule has 1 aromatic carbocycles. The van der Waals surface area contributed by atoms with Crippen molar-refractivity contribution in [2.24, 2.45) is 0 Å². The van der Waals surface area contributed by atoms with Crippen LogP contribution in [0.5, 0.6) is 0 Å². The Morgan fingerprint density at radius 1 is 1.06 bits per heavy atom. The molecule has 2 saturated heterocycles. The summed E-state index contributed by atoms with van der Waals surface area (Å²) in [5.74, 6) is 0.477. The number of fused-ring (bicyclic) bond motifs is 1. The van der Waals surface area contributed by atoms with E-state index in [1.165, 1.54) is 0 Å². The van der Waals surface area contributed by atoms with Gasteiger partial charge in [-0.2, -0.15) is 0 Å². The number of benzene rings is 1. The van der Waals surface area contributed by atoms with Crippen molar-refractivity contribution in [3.05, 3.63) is 30.6 Å². The molecule has 168 valence electrons. The Morgan fingerprint density at radius 2 is 1.87 bits per heavy atom. The van der Waals surface area contributed by atoms with Crippen molar-refractivity contribution in [1.29, 1.82) is 0 Å². The minimum atomic E-state index is -3.01. The average Bonchev–Trinajstić information content (AvgIpc) is 3.53. The van der Waals surface area contributed by atoms with Gasteiger partial charge in [-0.1, -0.05) is 25.0 Å². The van der Waals surface area contributed by atoms with Crippen LogP contribution in [-0.2, 0) is 21.2 Å². The van der Waals surface area contributed by atoms with Crippen molar-refractivity contribution in [2.45, 2.75) is 69.6 Å². The van der Waals surface area contributed by atoms with Crippen molar-refractivity contribution in [2.75, 3.05) is 24.6 Å². The third kappa shape index (κ3) is 4.37. The van der Waals surface area contributed by atoms with Crippen LogP contribution >= 0.6 is 0 Å². The number of sulfone groups is 1. The molecule has 0 spiro atoms. The number of aromatic nitrogens is 2. The average molecular weight is 445 g/mol. The van der Waals surface area contributed by atoms with Crippen LogP contribution in [0.3, 0.4) is 0 Å². The summed E-state index contributed by atoms with van der Waals surface area (Å²) in [6.45, 7) is 2.14. The first-order chi connectivity index (χ1) is 15.0. The van der Waals surface area contributed by atoms with Crippen molar-refractivity contribution in [1.82, 2.24) is 19.4 Å². The first-order valence-corrected chi connectivity index (χ1v) is 13.5. The van der Waals surface area contributed by atoms with E-state index in [9.17, 15) is 13.2 Å². The van der Waals surface area contributed by atoms with Gasteiger partial charge in [0.25, 0.3) is 0 Å². The van der Waals surface area contributed by atoms with Crippen molar-refractivity contribution in [3.8, 4) is 0 Å². The van der Waals surface area contributed by atoms with E-state index in [4.69, 9.17) is 0 Å². The maximum Gasteiger partial charge on any atom is 0.237 e. The molecule has 5 rings (SSSR count). The van der Waals surface area contributed by atoms with E-state index in [1.807, 2.05) is 29.4 Å². The molecule has 0 radical (unpaired) electrons. The van der Waals surface area contributed by atoms with Crippen LogP contribution in [0.2, 0.25) is 0 Å². The number of likely N-dealkylation sites (tertiary alicyclic amines) is 1. The van der Waals surface area contributed by atoms with Gasteiger partial charge < -0.3 is 9.47 Å². The lowest BCUT2D eigenvalue weighted by molar-refractivity contribution is -0.137. The predicted octanol–water partition coefficient (Wildman–Crippen LogP) is 2.46. The van der Waals surface area contributed by atoms with Gasteiger partial charge in [-0.15, -0.1) is 0 Å². The quantitative estimate of drug-likeness (QED) is 0.684. The van der Waals surface area contributed by atoms with Crippen molar-refractivity contribution >= 4 is 26.8 Å². The molecule has 8 heteroatoms. The smallest absolute Gasteiger partial charge is 0.237 e. The Hall–Kier alpha value is -1.93. The molecule has 31 heavy (non-hydrogen) atoms. The maximum atomic E-state index is 13.5. The molecule has 0 bridgehead atoms. The lowest BCUT2D eigenvalue weighted by Crippen LogP contribution is -2.51. The summed E-state index contributed by atoms with van der Waals surface area (Å²) in [6.07, 6.45) is 8.93. The summed E-state index contributed by atoms with van der Waals surface area (Å²) in [5, 5.41) is 0. The second-order valence-electron chi connectivity index (χ2n) is 9.45. The molecule has 2 aromatic rings. The molecule has 1 aromatic heterocycles. The Bertz CT molecular complexity index is 1040. The van der Waals surface area contributed by atoms with E-state index in [2.05, 4.69) is 20.5 Å². The zero-order chi connectivity index (χ0) is 21.4. The highest BCUT2D eigenvalue weighted by atomic mass is 32.2. The Balaban J connectivity index is 1.30. The fourth-order valence-corrected chi connectivity index (χ4v) is 7.54. The van der Waals surface area contributed by atoms with E-state index in [0.29, 0.717) is 19.0 Å². The van der Waals surface area contributed by atoms with Crippen LogP contribution in [0.25, 0.3) is 11.0 Å². The highest BCUT2D eigenvalue weighted by molar-refractivity contribution is 7.91. The van der Waals surface area contributed by atoms with Gasteiger partial charge in [-0.3, -0.25) is 9.69 Å². The van der Waals surface area contributed by atoms with E-state index in [0.717, 1.165) is 62.6 Å². The monoisotopic (exact) mass is 444 g/mol. The van der Waals surface area contributed by atoms with Crippen LogP contribution in [-0.4, -0.2) is 76.4 Å². The molecule has 1 saturated carbocycles. The number of carbonyl (C=O) groups is 1. The van der Waals surface area contributed by atoms with Crippen molar-refractivity contribution < 1.29 is 13.2 Å². The van der Waals surface area contributed by atoms with Crippen LogP contribution < -0.4 is 0 Å². The molecule has 1 aliphatic carbocycles. The molecule has 0 unspecified atom stereocenters. The summed E-state index contributed by atoms with van der Waals surface area (Å²) < 4.78 is 26.4. The molecule has 1 amide bonds. The van der Waals surface area contributed by atoms with E-state index in [-0.39, 0.29) is 29.5 Å². The minimum absolute atomic E-state index is 0.122. The van der Waals surface area contributed by atoms with E-state index >= 15 is 0 Å². The molecule has 0 N–H and O–H groups in total. The van der Waals surface area contributed by atoms with Gasteiger partial charge in [0.05, 0.1) is 35.4 Å². The third-order valence-corrected chi connectivity index (χ3v) is 9.13. The van der Waals surface area contributed by atoms with Gasteiger partial charge in [-0.05, 0) is 50.8 Å². The normalized spacial score (nSPS) is 26.7. The molecular formula is C23H32N4O3S. The van der Waals surface area contributed by atoms with Crippen LogP contribution in [0, 0.1) is 0 Å². The molecule has 2 aliphatic heterocycles. The molecule has 7 nitrogen and oxygen atoms in total. The Morgan fingerprint density at radius 3 is 2.65 bits per heavy atom. The zero-order valence-electron chi connectivity index (χ0n) is 18.0. The van der Waals surface area contributed by atoms with Crippen LogP contribution in [0.1, 0.15) is 44.9 Å². The molecule has 3 heterocycles. The number of amides is 1. The lowest BCUT2D eigenvalue weighted by Gasteiger charge is -2.36. The second kappa shape index (κ2) is 8.54. The highest BCUT2D eigenvalue weighted by Gasteiger charge is 2.40. The van der Waals surface area contributed by atoms with Gasteiger partial charge in [0.1, 0.15) is 0 Å². The van der Waals surface area contributed by atoms with E-state index < -0.39 is 9.84 Å². The van der Waals surface area contributed by atoms with Crippen LogP contribution in [0.4, 0.5) is 0 Å². The number of carbonyl (C=O) groups excluding carboxylic acids is 1. The highest BCUT2D eigenvalue weighted by Crippen LogP contribution is 2.30. The maximum absolute atomic E-state index is 13.5. The number of hydrogen-bond donors (Lipinski definition) is 0.